The number of nitrogens with one attached hydrogen (secondary N) is 1. The Hall–Kier alpha value is -1.76. The van der Waals surface area contributed by atoms with E-state index in [0.29, 0.717) is 11.0 Å². The average molecular weight is 288 g/mol. The van der Waals surface area contributed by atoms with E-state index >= 15 is 0 Å². The molecule has 0 saturated heterocycles. The second-order valence-electron chi connectivity index (χ2n) is 4.31. The number of nitrogen functional groups attached to an aromatic ring is 1. The van der Waals surface area contributed by atoms with Crippen molar-refractivity contribution in [3.05, 3.63) is 23.0 Å². The molecule has 102 valence electrons. The molecule has 2 rings (SSSR count). The van der Waals surface area contributed by atoms with Crippen molar-refractivity contribution < 1.29 is 8.78 Å². The molecule has 0 aliphatic heterocycles. The Bertz CT molecular complexity index is 632. The normalized spacial score (nSPS) is 12.0. The summed E-state index contributed by atoms with van der Waals surface area (Å²) in [6.45, 7) is 0.811. The second kappa shape index (κ2) is 4.73. The Morgan fingerprint density at radius 2 is 2.21 bits per heavy atom. The molecule has 0 unspecified atom stereocenters. The number of hydrogen-bond donors (Lipinski definition) is 2. The third-order valence-corrected chi connectivity index (χ3v) is 2.79. The van der Waals surface area contributed by atoms with E-state index in [4.69, 9.17) is 22.7 Å². The van der Waals surface area contributed by atoms with Gasteiger partial charge < -0.3 is 5.73 Å². The van der Waals surface area contributed by atoms with Crippen LogP contribution in [0.25, 0.3) is 11.0 Å². The van der Waals surface area contributed by atoms with E-state index in [1.165, 1.54) is 10.7 Å². The number of halogens is 3. The summed E-state index contributed by atoms with van der Waals surface area (Å²) in [5, 5.41) is 12.2. The van der Waals surface area contributed by atoms with Crippen LogP contribution in [0.4, 0.5) is 8.78 Å². The van der Waals surface area contributed by atoms with Crippen molar-refractivity contribution in [1.82, 2.24) is 14.8 Å². The van der Waals surface area contributed by atoms with Crippen molar-refractivity contribution in [2.75, 3.05) is 0 Å². The van der Waals surface area contributed by atoms with Gasteiger partial charge in [0.05, 0.1) is 5.39 Å². The van der Waals surface area contributed by atoms with Crippen LogP contribution < -0.4 is 5.73 Å². The summed E-state index contributed by atoms with van der Waals surface area (Å²) in [5.41, 5.74) is 5.98. The lowest BCUT2D eigenvalue weighted by molar-refractivity contribution is 0.00809. The lowest BCUT2D eigenvalue weighted by Crippen LogP contribution is -2.16. The molecule has 0 radical (unpaired) electrons. The van der Waals surface area contributed by atoms with Gasteiger partial charge in [-0.2, -0.15) is 5.10 Å². The van der Waals surface area contributed by atoms with Crippen LogP contribution in [0.15, 0.2) is 12.1 Å². The van der Waals surface area contributed by atoms with E-state index in [1.54, 1.807) is 6.07 Å². The average Bonchev–Trinajstić information content (AvgIpc) is 2.63. The Morgan fingerprint density at radius 1 is 1.53 bits per heavy atom. The van der Waals surface area contributed by atoms with E-state index in [9.17, 15) is 8.78 Å². The molecule has 19 heavy (non-hydrogen) atoms. The number of hydrogen-bond acceptors (Lipinski definition) is 3. The molecule has 0 fully saturated rings. The summed E-state index contributed by atoms with van der Waals surface area (Å²) < 4.78 is 27.1. The predicted molar refractivity (Wildman–Crippen MR) is 68.8 cm³/mol. The summed E-state index contributed by atoms with van der Waals surface area (Å²) in [4.78, 5) is 4.05. The summed E-state index contributed by atoms with van der Waals surface area (Å²) in [6, 6.07) is 3.16. The number of pyridine rings is 1. The van der Waals surface area contributed by atoms with Crippen LogP contribution >= 0.6 is 11.6 Å². The number of alkyl halides is 2. The predicted octanol–water partition coefficient (Wildman–Crippen LogP) is 2.41. The summed E-state index contributed by atoms with van der Waals surface area (Å²) in [7, 11) is 0. The topological polar surface area (TPSA) is 80.6 Å². The van der Waals surface area contributed by atoms with E-state index in [1.807, 2.05) is 0 Å². The minimum atomic E-state index is -2.80. The lowest BCUT2D eigenvalue weighted by atomic mass is 10.2. The molecule has 0 saturated carbocycles. The minimum absolute atomic E-state index is 0.0272. The minimum Gasteiger partial charge on any atom is -0.382 e. The summed E-state index contributed by atoms with van der Waals surface area (Å²) >= 11 is 5.78. The molecule has 0 spiro atoms. The van der Waals surface area contributed by atoms with E-state index in [0.717, 1.165) is 6.92 Å². The van der Waals surface area contributed by atoms with Crippen LogP contribution in [-0.2, 0) is 6.54 Å². The SMILES string of the molecule is CC(F)(F)CCn1nc(C(=N)N)c2ccc(Cl)nc21. The number of fused-ring (bicyclic) bond motifs is 1. The van der Waals surface area contributed by atoms with E-state index < -0.39 is 5.92 Å². The summed E-state index contributed by atoms with van der Waals surface area (Å²) in [6.07, 6.45) is -0.380. The first-order valence-electron chi connectivity index (χ1n) is 5.53. The standard InChI is InChI=1S/C11H12ClF2N5/c1-11(13,14)4-5-19-10-6(2-3-7(12)17-10)8(18-19)9(15)16/h2-3H,4-5H2,1H3,(H3,15,16). The molecule has 0 amide bonds. The quantitative estimate of drug-likeness (QED) is 0.515. The van der Waals surface area contributed by atoms with Gasteiger partial charge >= 0.3 is 0 Å². The van der Waals surface area contributed by atoms with Crippen molar-refractivity contribution >= 4 is 28.5 Å². The van der Waals surface area contributed by atoms with Gasteiger partial charge in [-0.25, -0.2) is 18.4 Å². The summed E-state index contributed by atoms with van der Waals surface area (Å²) in [5.74, 6) is -3.04. The Labute approximate surface area is 112 Å². The van der Waals surface area contributed by atoms with E-state index in [-0.39, 0.29) is 29.6 Å². The zero-order valence-electron chi connectivity index (χ0n) is 10.1. The number of nitrogens with zero attached hydrogens (tertiary/aromatic N) is 3. The van der Waals surface area contributed by atoms with Crippen molar-refractivity contribution in [2.24, 2.45) is 5.73 Å². The van der Waals surface area contributed by atoms with Gasteiger partial charge in [0.15, 0.2) is 5.65 Å². The van der Waals surface area contributed by atoms with Crippen molar-refractivity contribution in [3.8, 4) is 0 Å². The zero-order valence-corrected chi connectivity index (χ0v) is 10.9. The molecule has 2 aromatic heterocycles. The first-order valence-corrected chi connectivity index (χ1v) is 5.91. The zero-order chi connectivity index (χ0) is 14.2. The Balaban J connectivity index is 2.48. The number of rotatable bonds is 4. The Morgan fingerprint density at radius 3 is 2.79 bits per heavy atom. The van der Waals surface area contributed by atoms with Gasteiger partial charge in [-0.3, -0.25) is 5.41 Å². The van der Waals surface area contributed by atoms with Gasteiger partial charge in [-0.1, -0.05) is 11.6 Å². The largest absolute Gasteiger partial charge is 0.382 e. The van der Waals surface area contributed by atoms with Crippen LogP contribution in [-0.4, -0.2) is 26.5 Å². The fourth-order valence-corrected chi connectivity index (χ4v) is 1.83. The van der Waals surface area contributed by atoms with Gasteiger partial charge in [0, 0.05) is 13.0 Å². The molecule has 0 aliphatic rings. The Kier molecular flexibility index (Phi) is 3.40. The van der Waals surface area contributed by atoms with Crippen LogP contribution in [0, 0.1) is 5.41 Å². The first kappa shape index (κ1) is 13.7. The third-order valence-electron chi connectivity index (χ3n) is 2.58. The molecule has 5 nitrogen and oxygen atoms in total. The maximum atomic E-state index is 12.9. The molecule has 0 atom stereocenters. The van der Waals surface area contributed by atoms with Gasteiger partial charge in [-0.05, 0) is 19.1 Å². The maximum absolute atomic E-state index is 12.9. The van der Waals surface area contributed by atoms with Gasteiger partial charge in [0.25, 0.3) is 0 Å². The smallest absolute Gasteiger partial charge is 0.247 e. The fraction of sp³-hybridized carbons (Fsp3) is 0.364. The molecular weight excluding hydrogens is 276 g/mol. The van der Waals surface area contributed by atoms with Crippen molar-refractivity contribution in [3.63, 3.8) is 0 Å². The fourth-order valence-electron chi connectivity index (χ4n) is 1.69. The molecule has 2 aromatic rings. The highest BCUT2D eigenvalue weighted by molar-refractivity contribution is 6.29. The molecule has 0 bridgehead atoms. The van der Waals surface area contributed by atoms with E-state index in [2.05, 4.69) is 10.1 Å². The molecule has 2 heterocycles. The molecule has 0 aromatic carbocycles. The van der Waals surface area contributed by atoms with Crippen LogP contribution in [0.5, 0.6) is 0 Å². The number of amidine groups is 1. The van der Waals surface area contributed by atoms with Crippen molar-refractivity contribution in [2.45, 2.75) is 25.8 Å². The molecular formula is C11H12ClF2N5. The van der Waals surface area contributed by atoms with Crippen LogP contribution in [0.3, 0.4) is 0 Å². The maximum Gasteiger partial charge on any atom is 0.247 e. The third kappa shape index (κ3) is 2.98. The lowest BCUT2D eigenvalue weighted by Gasteiger charge is -2.09. The molecule has 8 heteroatoms. The number of nitrogens with two attached hydrogens (primary N) is 1. The van der Waals surface area contributed by atoms with Gasteiger partial charge in [-0.15, -0.1) is 0 Å². The first-order chi connectivity index (χ1) is 8.78. The molecule has 0 aliphatic carbocycles. The second-order valence-corrected chi connectivity index (χ2v) is 4.70. The number of aromatic nitrogens is 3. The highest BCUT2D eigenvalue weighted by atomic mass is 35.5. The van der Waals surface area contributed by atoms with Gasteiger partial charge in [0.2, 0.25) is 5.92 Å². The highest BCUT2D eigenvalue weighted by Crippen LogP contribution is 2.22. The van der Waals surface area contributed by atoms with Crippen molar-refractivity contribution in [1.29, 1.82) is 5.41 Å². The number of aryl methyl sites for hydroxylation is 1. The monoisotopic (exact) mass is 287 g/mol. The molecule has 3 N–H and O–H groups in total. The van der Waals surface area contributed by atoms with Crippen LogP contribution in [0.1, 0.15) is 19.0 Å². The van der Waals surface area contributed by atoms with Gasteiger partial charge in [0.1, 0.15) is 16.7 Å². The van der Waals surface area contributed by atoms with Crippen LogP contribution in [0.2, 0.25) is 5.15 Å². The highest BCUT2D eigenvalue weighted by Gasteiger charge is 2.22.